The van der Waals surface area contributed by atoms with Gasteiger partial charge in [-0.2, -0.15) is 0 Å². The van der Waals surface area contributed by atoms with Crippen molar-refractivity contribution >= 4 is 19.7 Å². The zero-order valence-corrected chi connectivity index (χ0v) is 36.1. The molecule has 0 saturated carbocycles. The number of hydrogen-bond acceptors (Lipinski definition) is 7. The van der Waals surface area contributed by atoms with Crippen LogP contribution in [-0.2, 0) is 27.9 Å². The van der Waals surface area contributed by atoms with Crippen LogP contribution < -0.4 is 5.32 Å². The summed E-state index contributed by atoms with van der Waals surface area (Å²) in [6.45, 7) is 3.27. The molecule has 0 saturated heterocycles. The average molecular weight is 814 g/mol. The Hall–Kier alpha value is -3.33. The van der Waals surface area contributed by atoms with Gasteiger partial charge in [-0.15, -0.1) is 0 Å². The molecule has 3 N–H and O–H groups in total. The zero-order chi connectivity index (χ0) is 41.8. The third-order valence-corrected chi connectivity index (χ3v) is 9.17. The number of phosphoric ester groups is 1. The standard InChI is InChI=1S/C47H76NO8P/c1-3-5-7-9-11-13-15-17-19-21-22-24-26-28-30-32-34-36-38-40-47(51)54-43-45(49)44-56-57(52,53)55-42-41-48-46(50)39-37-35-33-31-29-27-25-23-20-18-16-14-12-10-8-6-4-2/h6,8,11-14,17-20,22,24-25,27-28,30-31,33,45,49H,3-5,7,9-10,15-16,21,23,26,29,32,34-44H2,1-2H3,(H,48,50)(H,52,53)/b8-6-,13-11-,14-12-,19-17-,20-18-,24-22-,27-25-,30-28-,33-31-. The Morgan fingerprint density at radius 3 is 1.51 bits per heavy atom. The van der Waals surface area contributed by atoms with E-state index in [1.807, 2.05) is 0 Å². The van der Waals surface area contributed by atoms with Crippen molar-refractivity contribution in [1.82, 2.24) is 5.32 Å². The fourth-order valence-corrected chi connectivity index (χ4v) is 5.74. The van der Waals surface area contributed by atoms with Crippen LogP contribution in [0.2, 0.25) is 0 Å². The lowest BCUT2D eigenvalue weighted by atomic mass is 10.1. The van der Waals surface area contributed by atoms with Gasteiger partial charge in [-0.3, -0.25) is 18.6 Å². The largest absolute Gasteiger partial charge is 0.472 e. The molecule has 0 aromatic rings. The van der Waals surface area contributed by atoms with Gasteiger partial charge in [0, 0.05) is 19.4 Å². The van der Waals surface area contributed by atoms with Crippen molar-refractivity contribution in [1.29, 1.82) is 0 Å². The molecule has 0 bridgehead atoms. The summed E-state index contributed by atoms with van der Waals surface area (Å²) in [5.41, 5.74) is 0. The predicted molar refractivity (Wildman–Crippen MR) is 238 cm³/mol. The number of ether oxygens (including phenoxy) is 1. The SMILES string of the molecule is CC/C=C\C/C=C\C/C=C\C/C=C\C/C=C\CCCC(=O)NCCOP(=O)(O)OCC(O)COC(=O)CCCCC/C=C\C/C=C\C/C=C\C/C=C\CCCCC. The molecule has 57 heavy (non-hydrogen) atoms. The summed E-state index contributed by atoms with van der Waals surface area (Å²) in [6, 6.07) is 0. The smallest absolute Gasteiger partial charge is 0.463 e. The Bertz CT molecular complexity index is 1290. The van der Waals surface area contributed by atoms with E-state index in [2.05, 4.69) is 129 Å². The van der Waals surface area contributed by atoms with Crippen molar-refractivity contribution < 1.29 is 37.9 Å². The highest BCUT2D eigenvalue weighted by atomic mass is 31.2. The van der Waals surface area contributed by atoms with E-state index in [-0.39, 0.29) is 32.1 Å². The highest BCUT2D eigenvalue weighted by Crippen LogP contribution is 2.42. The highest BCUT2D eigenvalue weighted by molar-refractivity contribution is 7.47. The van der Waals surface area contributed by atoms with Crippen molar-refractivity contribution in [2.24, 2.45) is 0 Å². The number of carbonyl (C=O) groups excluding carboxylic acids is 2. The minimum absolute atomic E-state index is 0.0398. The summed E-state index contributed by atoms with van der Waals surface area (Å²) in [6.07, 6.45) is 55.9. The van der Waals surface area contributed by atoms with Crippen LogP contribution in [0, 0.1) is 0 Å². The van der Waals surface area contributed by atoms with E-state index in [1.165, 1.54) is 25.7 Å². The van der Waals surface area contributed by atoms with Gasteiger partial charge in [0.1, 0.15) is 12.7 Å². The van der Waals surface area contributed by atoms with Gasteiger partial charge in [-0.25, -0.2) is 4.57 Å². The molecule has 1 amide bonds. The lowest BCUT2D eigenvalue weighted by molar-refractivity contribution is -0.147. The lowest BCUT2D eigenvalue weighted by Gasteiger charge is -2.15. The van der Waals surface area contributed by atoms with Crippen LogP contribution in [0.15, 0.2) is 109 Å². The first kappa shape index (κ1) is 53.7. The Kier molecular flexibility index (Phi) is 39.8. The van der Waals surface area contributed by atoms with Crippen molar-refractivity contribution in [2.45, 2.75) is 148 Å². The topological polar surface area (TPSA) is 131 Å². The van der Waals surface area contributed by atoms with Crippen LogP contribution >= 0.6 is 7.82 Å². The number of rotatable bonds is 38. The van der Waals surface area contributed by atoms with Crippen molar-refractivity contribution in [3.63, 3.8) is 0 Å². The minimum atomic E-state index is -4.45. The molecule has 0 rings (SSSR count). The number of hydrogen-bond donors (Lipinski definition) is 3. The first-order chi connectivity index (χ1) is 27.8. The minimum Gasteiger partial charge on any atom is -0.463 e. The van der Waals surface area contributed by atoms with Gasteiger partial charge in [0.2, 0.25) is 5.91 Å². The third-order valence-electron chi connectivity index (χ3n) is 8.19. The Morgan fingerprint density at radius 2 is 1.02 bits per heavy atom. The van der Waals surface area contributed by atoms with Gasteiger partial charge < -0.3 is 20.1 Å². The summed E-state index contributed by atoms with van der Waals surface area (Å²) >= 11 is 0. The van der Waals surface area contributed by atoms with E-state index >= 15 is 0 Å². The molecule has 0 aliphatic carbocycles. The van der Waals surface area contributed by atoms with Gasteiger partial charge in [0.15, 0.2) is 0 Å². The van der Waals surface area contributed by atoms with Crippen LogP contribution in [0.3, 0.4) is 0 Å². The molecule has 2 atom stereocenters. The maximum atomic E-state index is 12.1. The van der Waals surface area contributed by atoms with E-state index in [0.717, 1.165) is 77.0 Å². The number of aliphatic hydroxyl groups is 1. The fourth-order valence-electron chi connectivity index (χ4n) is 4.99. The molecule has 0 radical (unpaired) electrons. The molecule has 0 aliphatic rings. The molecule has 9 nitrogen and oxygen atoms in total. The second-order valence-corrected chi connectivity index (χ2v) is 15.0. The molecule has 0 aromatic heterocycles. The molecule has 0 heterocycles. The van der Waals surface area contributed by atoms with Crippen molar-refractivity contribution in [3.8, 4) is 0 Å². The number of aliphatic hydroxyl groups excluding tert-OH is 1. The van der Waals surface area contributed by atoms with Crippen molar-refractivity contribution in [3.05, 3.63) is 109 Å². The predicted octanol–water partition coefficient (Wildman–Crippen LogP) is 12.0. The summed E-state index contributed by atoms with van der Waals surface area (Å²) in [5, 5.41) is 12.6. The molecule has 0 fully saturated rings. The fraction of sp³-hybridized carbons (Fsp3) is 0.574. The summed E-state index contributed by atoms with van der Waals surface area (Å²) in [4.78, 5) is 33.9. The number of nitrogens with one attached hydrogen (secondary N) is 1. The van der Waals surface area contributed by atoms with Gasteiger partial charge in [-0.1, -0.05) is 142 Å². The zero-order valence-electron chi connectivity index (χ0n) is 35.2. The molecular formula is C47H76NO8P. The normalized spacial score (nSPS) is 14.4. The van der Waals surface area contributed by atoms with Crippen molar-refractivity contribution in [2.75, 3.05) is 26.4 Å². The number of carbonyl (C=O) groups is 2. The Balaban J connectivity index is 3.77. The molecule has 322 valence electrons. The van der Waals surface area contributed by atoms with E-state index in [4.69, 9.17) is 13.8 Å². The van der Waals surface area contributed by atoms with E-state index < -0.39 is 26.5 Å². The molecular weight excluding hydrogens is 737 g/mol. The second-order valence-electron chi connectivity index (χ2n) is 13.6. The number of allylic oxidation sites excluding steroid dienone is 18. The number of unbranched alkanes of at least 4 members (excludes halogenated alkanes) is 7. The first-order valence-corrected chi connectivity index (χ1v) is 22.9. The van der Waals surface area contributed by atoms with Gasteiger partial charge >= 0.3 is 13.8 Å². The van der Waals surface area contributed by atoms with Crippen LogP contribution in [0.4, 0.5) is 0 Å². The van der Waals surface area contributed by atoms with E-state index in [0.29, 0.717) is 19.3 Å². The Morgan fingerprint density at radius 1 is 0.561 bits per heavy atom. The van der Waals surface area contributed by atoms with E-state index in [1.54, 1.807) is 0 Å². The average Bonchev–Trinajstić information content (AvgIpc) is 3.20. The molecule has 10 heteroatoms. The molecule has 0 spiro atoms. The van der Waals surface area contributed by atoms with Gasteiger partial charge in [-0.05, 0) is 96.3 Å². The number of amides is 1. The maximum Gasteiger partial charge on any atom is 0.472 e. The lowest BCUT2D eigenvalue weighted by Crippen LogP contribution is -2.27. The van der Waals surface area contributed by atoms with Crippen LogP contribution in [0.5, 0.6) is 0 Å². The quantitative estimate of drug-likeness (QED) is 0.0243. The molecule has 0 aromatic carbocycles. The second kappa shape index (κ2) is 42.3. The number of esters is 1. The summed E-state index contributed by atoms with van der Waals surface area (Å²) in [7, 11) is -4.45. The number of phosphoric acid groups is 1. The van der Waals surface area contributed by atoms with Gasteiger partial charge in [0.05, 0.1) is 13.2 Å². The van der Waals surface area contributed by atoms with Gasteiger partial charge in [0.25, 0.3) is 0 Å². The van der Waals surface area contributed by atoms with Crippen LogP contribution in [0.25, 0.3) is 0 Å². The maximum absolute atomic E-state index is 12.1. The first-order valence-electron chi connectivity index (χ1n) is 21.4. The van der Waals surface area contributed by atoms with Crippen LogP contribution in [0.1, 0.15) is 142 Å². The summed E-state index contributed by atoms with van der Waals surface area (Å²) in [5.74, 6) is -0.618. The van der Waals surface area contributed by atoms with Crippen LogP contribution in [-0.4, -0.2) is 54.3 Å². The third kappa shape index (κ3) is 43.6. The molecule has 2 unspecified atom stereocenters. The monoisotopic (exact) mass is 814 g/mol. The highest BCUT2D eigenvalue weighted by Gasteiger charge is 2.23. The Labute approximate surface area is 346 Å². The van der Waals surface area contributed by atoms with E-state index in [9.17, 15) is 24.2 Å². The summed E-state index contributed by atoms with van der Waals surface area (Å²) < 4.78 is 26.8. The molecule has 0 aliphatic heterocycles.